The standard InChI is InChI=1S/C19H19FN4O3/c1-9(2)24(3)18-16(15-7-10-6-11(20)4-5-14(10)27-15)21-12-8-13(19(25)26)22-17(12)23-18/h4-9,19,25-26H,1-3H3,(H,22,23). The van der Waals surface area contributed by atoms with Gasteiger partial charge in [-0.3, -0.25) is 0 Å². The minimum Gasteiger partial charge on any atom is -0.454 e. The maximum Gasteiger partial charge on any atom is 0.194 e. The van der Waals surface area contributed by atoms with Crippen molar-refractivity contribution < 1.29 is 19.0 Å². The van der Waals surface area contributed by atoms with Crippen LogP contribution in [0.1, 0.15) is 25.8 Å². The Morgan fingerprint density at radius 2 is 1.93 bits per heavy atom. The molecule has 8 heteroatoms. The van der Waals surface area contributed by atoms with E-state index in [-0.39, 0.29) is 17.6 Å². The number of hydrogen-bond donors (Lipinski definition) is 3. The van der Waals surface area contributed by atoms with Gasteiger partial charge in [-0.2, -0.15) is 0 Å². The van der Waals surface area contributed by atoms with E-state index in [1.807, 2.05) is 25.8 Å². The number of nitrogens with zero attached hydrogens (tertiary/aromatic N) is 3. The molecule has 0 amide bonds. The highest BCUT2D eigenvalue weighted by Gasteiger charge is 2.21. The number of aliphatic hydroxyl groups is 2. The lowest BCUT2D eigenvalue weighted by molar-refractivity contribution is -0.0453. The molecule has 4 aromatic rings. The highest BCUT2D eigenvalue weighted by atomic mass is 19.1. The van der Waals surface area contributed by atoms with E-state index >= 15 is 0 Å². The van der Waals surface area contributed by atoms with E-state index in [9.17, 15) is 14.6 Å². The summed E-state index contributed by atoms with van der Waals surface area (Å²) in [6.45, 7) is 4.03. The van der Waals surface area contributed by atoms with Crippen molar-refractivity contribution in [3.05, 3.63) is 41.8 Å². The average molecular weight is 370 g/mol. The van der Waals surface area contributed by atoms with Gasteiger partial charge in [0.2, 0.25) is 0 Å². The predicted molar refractivity (Wildman–Crippen MR) is 99.8 cm³/mol. The van der Waals surface area contributed by atoms with Gasteiger partial charge in [0.25, 0.3) is 0 Å². The van der Waals surface area contributed by atoms with Crippen LogP contribution in [0.25, 0.3) is 33.6 Å². The van der Waals surface area contributed by atoms with Gasteiger partial charge in [0.05, 0.1) is 5.69 Å². The smallest absolute Gasteiger partial charge is 0.194 e. The van der Waals surface area contributed by atoms with E-state index in [1.54, 1.807) is 12.1 Å². The quantitative estimate of drug-likeness (QED) is 0.477. The van der Waals surface area contributed by atoms with Gasteiger partial charge in [0.1, 0.15) is 22.6 Å². The summed E-state index contributed by atoms with van der Waals surface area (Å²) in [5.41, 5.74) is 2.15. The summed E-state index contributed by atoms with van der Waals surface area (Å²) < 4.78 is 19.4. The summed E-state index contributed by atoms with van der Waals surface area (Å²) in [6, 6.07) is 7.69. The third kappa shape index (κ3) is 3.02. The van der Waals surface area contributed by atoms with Crippen molar-refractivity contribution in [1.29, 1.82) is 0 Å². The van der Waals surface area contributed by atoms with Crippen LogP contribution in [0, 0.1) is 5.82 Å². The SMILES string of the molecule is CC(C)N(C)c1nc2[nH]c(C(O)O)cc2nc1-c1cc2cc(F)ccc2o1. The van der Waals surface area contributed by atoms with Gasteiger partial charge in [0, 0.05) is 18.5 Å². The Balaban J connectivity index is 1.96. The number of furan rings is 1. The zero-order valence-corrected chi connectivity index (χ0v) is 15.1. The van der Waals surface area contributed by atoms with Crippen LogP contribution in [-0.2, 0) is 0 Å². The summed E-state index contributed by atoms with van der Waals surface area (Å²) in [4.78, 5) is 14.0. The molecular weight excluding hydrogens is 351 g/mol. The van der Waals surface area contributed by atoms with Crippen molar-refractivity contribution in [3.8, 4) is 11.5 Å². The fourth-order valence-electron chi connectivity index (χ4n) is 2.88. The molecule has 0 spiro atoms. The predicted octanol–water partition coefficient (Wildman–Crippen LogP) is 3.34. The molecule has 1 aromatic carbocycles. The van der Waals surface area contributed by atoms with E-state index in [1.165, 1.54) is 18.2 Å². The van der Waals surface area contributed by atoms with Crippen LogP contribution in [-0.4, -0.2) is 38.3 Å². The lowest BCUT2D eigenvalue weighted by atomic mass is 10.2. The van der Waals surface area contributed by atoms with E-state index in [0.717, 1.165) is 0 Å². The van der Waals surface area contributed by atoms with Crippen molar-refractivity contribution in [1.82, 2.24) is 15.0 Å². The largest absolute Gasteiger partial charge is 0.454 e. The molecule has 0 bridgehead atoms. The Morgan fingerprint density at radius 1 is 1.15 bits per heavy atom. The summed E-state index contributed by atoms with van der Waals surface area (Å²) in [5, 5.41) is 19.4. The minimum atomic E-state index is -1.65. The van der Waals surface area contributed by atoms with Crippen molar-refractivity contribution in [2.45, 2.75) is 26.2 Å². The first kappa shape index (κ1) is 17.4. The highest BCUT2D eigenvalue weighted by Crippen LogP contribution is 2.34. The number of hydrogen-bond acceptors (Lipinski definition) is 6. The molecular formula is C19H19FN4O3. The first-order valence-electron chi connectivity index (χ1n) is 8.52. The fraction of sp³-hybridized carbons (Fsp3) is 0.263. The van der Waals surface area contributed by atoms with Crippen LogP contribution in [0.2, 0.25) is 0 Å². The third-order valence-electron chi connectivity index (χ3n) is 4.56. The number of benzene rings is 1. The maximum atomic E-state index is 13.5. The van der Waals surface area contributed by atoms with Crippen molar-refractivity contribution >= 4 is 28.0 Å². The molecule has 0 saturated carbocycles. The number of anilines is 1. The van der Waals surface area contributed by atoms with Crippen molar-refractivity contribution in [2.24, 2.45) is 0 Å². The highest BCUT2D eigenvalue weighted by molar-refractivity contribution is 5.87. The number of aromatic amines is 1. The summed E-state index contributed by atoms with van der Waals surface area (Å²) >= 11 is 0. The molecule has 140 valence electrons. The van der Waals surface area contributed by atoms with Gasteiger partial charge in [0.15, 0.2) is 23.5 Å². The first-order chi connectivity index (χ1) is 12.8. The molecule has 0 saturated heterocycles. The summed E-state index contributed by atoms with van der Waals surface area (Å²) in [7, 11) is 1.89. The monoisotopic (exact) mass is 370 g/mol. The van der Waals surface area contributed by atoms with E-state index in [4.69, 9.17) is 4.42 Å². The fourth-order valence-corrected chi connectivity index (χ4v) is 2.88. The Bertz CT molecular complexity index is 1130. The van der Waals surface area contributed by atoms with Gasteiger partial charge < -0.3 is 24.5 Å². The molecule has 3 N–H and O–H groups in total. The Morgan fingerprint density at radius 3 is 2.63 bits per heavy atom. The third-order valence-corrected chi connectivity index (χ3v) is 4.56. The molecule has 0 unspecified atom stereocenters. The Labute approximate surface area is 154 Å². The second-order valence-electron chi connectivity index (χ2n) is 6.73. The number of aromatic nitrogens is 3. The minimum absolute atomic E-state index is 0.134. The maximum absolute atomic E-state index is 13.5. The second-order valence-corrected chi connectivity index (χ2v) is 6.73. The average Bonchev–Trinajstić information content (AvgIpc) is 3.22. The Hall–Kier alpha value is -2.97. The van der Waals surface area contributed by atoms with Crippen LogP contribution < -0.4 is 4.90 Å². The van der Waals surface area contributed by atoms with Crippen LogP contribution in [0.15, 0.2) is 34.7 Å². The molecule has 3 heterocycles. The summed E-state index contributed by atoms with van der Waals surface area (Å²) in [6.07, 6.45) is -1.65. The molecule has 0 radical (unpaired) electrons. The molecule has 0 atom stereocenters. The number of H-pyrrole nitrogens is 1. The summed E-state index contributed by atoms with van der Waals surface area (Å²) in [5.74, 6) is 0.681. The molecule has 0 aliphatic rings. The van der Waals surface area contributed by atoms with Crippen LogP contribution >= 0.6 is 0 Å². The molecule has 27 heavy (non-hydrogen) atoms. The van der Waals surface area contributed by atoms with E-state index in [2.05, 4.69) is 15.0 Å². The van der Waals surface area contributed by atoms with Crippen LogP contribution in [0.3, 0.4) is 0 Å². The van der Waals surface area contributed by atoms with E-state index < -0.39 is 6.29 Å². The molecule has 4 rings (SSSR count). The molecule has 7 nitrogen and oxygen atoms in total. The molecule has 0 aliphatic carbocycles. The zero-order chi connectivity index (χ0) is 19.3. The van der Waals surface area contributed by atoms with Gasteiger partial charge >= 0.3 is 0 Å². The van der Waals surface area contributed by atoms with E-state index in [0.29, 0.717) is 39.4 Å². The molecule has 3 aromatic heterocycles. The van der Waals surface area contributed by atoms with Gasteiger partial charge in [-0.25, -0.2) is 14.4 Å². The van der Waals surface area contributed by atoms with Crippen LogP contribution in [0.5, 0.6) is 0 Å². The lowest BCUT2D eigenvalue weighted by Crippen LogP contribution is -2.27. The number of nitrogens with one attached hydrogen (secondary N) is 1. The normalized spacial score (nSPS) is 12.0. The van der Waals surface area contributed by atoms with Gasteiger partial charge in [-0.1, -0.05) is 0 Å². The topological polar surface area (TPSA) is 98.4 Å². The van der Waals surface area contributed by atoms with Gasteiger partial charge in [-0.15, -0.1) is 0 Å². The first-order valence-corrected chi connectivity index (χ1v) is 8.52. The molecule has 0 aliphatic heterocycles. The second kappa shape index (κ2) is 6.33. The van der Waals surface area contributed by atoms with Crippen LogP contribution in [0.4, 0.5) is 10.2 Å². The van der Waals surface area contributed by atoms with Crippen molar-refractivity contribution in [2.75, 3.05) is 11.9 Å². The van der Waals surface area contributed by atoms with Crippen molar-refractivity contribution in [3.63, 3.8) is 0 Å². The lowest BCUT2D eigenvalue weighted by Gasteiger charge is -2.23. The number of rotatable bonds is 4. The number of halogens is 1. The zero-order valence-electron chi connectivity index (χ0n) is 15.1. The number of fused-ring (bicyclic) bond motifs is 2. The number of aliphatic hydroxyl groups excluding tert-OH is 1. The Kier molecular flexibility index (Phi) is 4.09. The molecule has 0 fully saturated rings. The van der Waals surface area contributed by atoms with Gasteiger partial charge in [-0.05, 0) is 44.2 Å².